The molecule has 1 aliphatic rings. The molecule has 1 saturated carbocycles. The summed E-state index contributed by atoms with van der Waals surface area (Å²) in [6.45, 7) is 0.467. The minimum Gasteiger partial charge on any atom is -0.393 e. The summed E-state index contributed by atoms with van der Waals surface area (Å²) < 4.78 is 2.18. The standard InChI is InChI=1S/C14H21N3O4/c1-16-13(20)6-7-17(14(16)21)9-12(19)15-8-10-2-4-11(18)5-3-10/h6-7,10-11,18H,2-5,8-9H2,1H3,(H,15,19). The van der Waals surface area contributed by atoms with Crippen molar-refractivity contribution < 1.29 is 9.90 Å². The molecule has 1 aromatic heterocycles. The molecule has 7 heteroatoms. The molecule has 2 rings (SSSR count). The Hall–Kier alpha value is -1.89. The van der Waals surface area contributed by atoms with E-state index >= 15 is 0 Å². The molecule has 21 heavy (non-hydrogen) atoms. The van der Waals surface area contributed by atoms with Crippen LogP contribution in [0.3, 0.4) is 0 Å². The second-order valence-electron chi connectivity index (χ2n) is 5.60. The molecule has 0 radical (unpaired) electrons. The molecule has 0 aliphatic heterocycles. The van der Waals surface area contributed by atoms with E-state index in [1.54, 1.807) is 0 Å². The average molecular weight is 295 g/mol. The van der Waals surface area contributed by atoms with Crippen molar-refractivity contribution in [2.45, 2.75) is 38.3 Å². The quantitative estimate of drug-likeness (QED) is 0.761. The van der Waals surface area contributed by atoms with Crippen molar-refractivity contribution >= 4 is 5.91 Å². The summed E-state index contributed by atoms with van der Waals surface area (Å²) >= 11 is 0. The van der Waals surface area contributed by atoms with E-state index in [9.17, 15) is 19.5 Å². The molecular formula is C14H21N3O4. The summed E-state index contributed by atoms with van der Waals surface area (Å²) in [5, 5.41) is 12.2. The number of rotatable bonds is 4. The first-order chi connectivity index (χ1) is 9.97. The Morgan fingerprint density at radius 2 is 2.00 bits per heavy atom. The van der Waals surface area contributed by atoms with Gasteiger partial charge in [-0.2, -0.15) is 0 Å². The number of hydrogen-bond donors (Lipinski definition) is 2. The first kappa shape index (κ1) is 15.5. The van der Waals surface area contributed by atoms with Gasteiger partial charge in [-0.3, -0.25) is 18.7 Å². The Morgan fingerprint density at radius 3 is 2.67 bits per heavy atom. The van der Waals surface area contributed by atoms with Crippen molar-refractivity contribution in [3.05, 3.63) is 33.1 Å². The van der Waals surface area contributed by atoms with Crippen LogP contribution in [-0.4, -0.2) is 32.8 Å². The van der Waals surface area contributed by atoms with Gasteiger partial charge in [0, 0.05) is 25.9 Å². The Kier molecular flexibility index (Phi) is 4.95. The highest BCUT2D eigenvalue weighted by Gasteiger charge is 2.19. The lowest BCUT2D eigenvalue weighted by molar-refractivity contribution is -0.122. The highest BCUT2D eigenvalue weighted by atomic mass is 16.3. The minimum atomic E-state index is -0.501. The van der Waals surface area contributed by atoms with Crippen LogP contribution in [0.25, 0.3) is 0 Å². The van der Waals surface area contributed by atoms with Crippen LogP contribution >= 0.6 is 0 Å². The lowest BCUT2D eigenvalue weighted by Gasteiger charge is -2.25. The van der Waals surface area contributed by atoms with Crippen LogP contribution in [-0.2, 0) is 18.4 Å². The van der Waals surface area contributed by atoms with Gasteiger partial charge in [-0.1, -0.05) is 0 Å². The molecule has 2 N–H and O–H groups in total. The van der Waals surface area contributed by atoms with Crippen LogP contribution in [0, 0.1) is 5.92 Å². The number of aliphatic hydroxyl groups is 1. The molecule has 1 aliphatic carbocycles. The Bertz CT molecular complexity index is 611. The zero-order chi connectivity index (χ0) is 15.4. The van der Waals surface area contributed by atoms with E-state index in [0.29, 0.717) is 12.5 Å². The van der Waals surface area contributed by atoms with Crippen molar-refractivity contribution in [2.75, 3.05) is 6.54 Å². The van der Waals surface area contributed by atoms with Crippen molar-refractivity contribution in [3.8, 4) is 0 Å². The van der Waals surface area contributed by atoms with Gasteiger partial charge in [0.1, 0.15) is 6.54 Å². The fourth-order valence-electron chi connectivity index (χ4n) is 2.55. The zero-order valence-corrected chi connectivity index (χ0v) is 12.1. The maximum absolute atomic E-state index is 11.9. The molecule has 1 aromatic rings. The number of aliphatic hydroxyl groups excluding tert-OH is 1. The summed E-state index contributed by atoms with van der Waals surface area (Å²) in [6.07, 6.45) is 4.49. The van der Waals surface area contributed by atoms with E-state index in [2.05, 4.69) is 5.32 Å². The van der Waals surface area contributed by atoms with Gasteiger partial charge in [0.15, 0.2) is 0 Å². The van der Waals surface area contributed by atoms with Crippen LogP contribution in [0.5, 0.6) is 0 Å². The Morgan fingerprint density at radius 1 is 1.33 bits per heavy atom. The summed E-state index contributed by atoms with van der Waals surface area (Å²) in [7, 11) is 1.38. The summed E-state index contributed by atoms with van der Waals surface area (Å²) in [4.78, 5) is 34.9. The van der Waals surface area contributed by atoms with E-state index in [1.165, 1.54) is 23.9 Å². The molecule has 0 bridgehead atoms. The third-order valence-electron chi connectivity index (χ3n) is 3.98. The Balaban J connectivity index is 1.86. The van der Waals surface area contributed by atoms with E-state index in [-0.39, 0.29) is 18.6 Å². The highest BCUT2D eigenvalue weighted by Crippen LogP contribution is 2.23. The predicted molar refractivity (Wildman–Crippen MR) is 76.9 cm³/mol. The molecule has 0 aromatic carbocycles. The largest absolute Gasteiger partial charge is 0.393 e. The molecule has 7 nitrogen and oxygen atoms in total. The second kappa shape index (κ2) is 6.71. The van der Waals surface area contributed by atoms with Gasteiger partial charge in [0.05, 0.1) is 6.10 Å². The molecule has 1 fully saturated rings. The van der Waals surface area contributed by atoms with Crippen LogP contribution in [0.2, 0.25) is 0 Å². The van der Waals surface area contributed by atoms with Gasteiger partial charge in [0.25, 0.3) is 5.56 Å². The second-order valence-corrected chi connectivity index (χ2v) is 5.60. The van der Waals surface area contributed by atoms with Crippen molar-refractivity contribution in [2.24, 2.45) is 13.0 Å². The minimum absolute atomic E-state index is 0.0949. The predicted octanol–water partition coefficient (Wildman–Crippen LogP) is -0.786. The van der Waals surface area contributed by atoms with Crippen molar-refractivity contribution in [1.82, 2.24) is 14.5 Å². The number of aromatic nitrogens is 2. The lowest BCUT2D eigenvalue weighted by Crippen LogP contribution is -2.41. The zero-order valence-electron chi connectivity index (χ0n) is 12.1. The Labute approximate surface area is 122 Å². The number of nitrogens with zero attached hydrogens (tertiary/aromatic N) is 2. The topological polar surface area (TPSA) is 93.3 Å². The highest BCUT2D eigenvalue weighted by molar-refractivity contribution is 5.75. The molecule has 0 saturated heterocycles. The number of carbonyl (C=O) groups is 1. The smallest absolute Gasteiger partial charge is 0.331 e. The van der Waals surface area contributed by atoms with Gasteiger partial charge in [-0.25, -0.2) is 4.79 Å². The van der Waals surface area contributed by atoms with E-state index in [0.717, 1.165) is 30.3 Å². The number of hydrogen-bond acceptors (Lipinski definition) is 4. The van der Waals surface area contributed by atoms with Gasteiger partial charge in [0.2, 0.25) is 5.91 Å². The maximum Gasteiger partial charge on any atom is 0.331 e. The first-order valence-electron chi connectivity index (χ1n) is 7.18. The van der Waals surface area contributed by atoms with Gasteiger partial charge < -0.3 is 10.4 Å². The monoisotopic (exact) mass is 295 g/mol. The van der Waals surface area contributed by atoms with E-state index < -0.39 is 11.2 Å². The van der Waals surface area contributed by atoms with E-state index in [4.69, 9.17) is 0 Å². The molecule has 0 unspecified atom stereocenters. The normalized spacial score (nSPS) is 22.0. The van der Waals surface area contributed by atoms with Crippen LogP contribution in [0.4, 0.5) is 0 Å². The van der Waals surface area contributed by atoms with Gasteiger partial charge in [-0.05, 0) is 31.6 Å². The SMILES string of the molecule is Cn1c(=O)ccn(CC(=O)NCC2CCC(O)CC2)c1=O. The van der Waals surface area contributed by atoms with Gasteiger partial charge in [-0.15, -0.1) is 0 Å². The maximum atomic E-state index is 11.9. The van der Waals surface area contributed by atoms with Crippen molar-refractivity contribution in [1.29, 1.82) is 0 Å². The molecule has 1 amide bonds. The average Bonchev–Trinajstić information content (AvgIpc) is 2.47. The van der Waals surface area contributed by atoms with Crippen LogP contribution in [0.15, 0.2) is 21.9 Å². The number of amides is 1. The number of nitrogens with one attached hydrogen (secondary N) is 1. The van der Waals surface area contributed by atoms with Crippen LogP contribution in [0.1, 0.15) is 25.7 Å². The third-order valence-corrected chi connectivity index (χ3v) is 3.98. The third kappa shape index (κ3) is 4.04. The van der Waals surface area contributed by atoms with E-state index in [1.807, 2.05) is 0 Å². The summed E-state index contributed by atoms with van der Waals surface area (Å²) in [5.41, 5.74) is -0.893. The molecular weight excluding hydrogens is 274 g/mol. The van der Waals surface area contributed by atoms with Crippen molar-refractivity contribution in [3.63, 3.8) is 0 Å². The molecule has 1 heterocycles. The molecule has 0 spiro atoms. The van der Waals surface area contributed by atoms with Gasteiger partial charge >= 0.3 is 5.69 Å². The lowest BCUT2D eigenvalue weighted by atomic mass is 9.87. The molecule has 116 valence electrons. The summed E-state index contributed by atoms with van der Waals surface area (Å²) in [5.74, 6) is 0.135. The fourth-order valence-corrected chi connectivity index (χ4v) is 2.55. The summed E-state index contributed by atoms with van der Waals surface area (Å²) in [6, 6.07) is 1.26. The molecule has 0 atom stereocenters. The number of carbonyl (C=O) groups excluding carboxylic acids is 1. The first-order valence-corrected chi connectivity index (χ1v) is 7.18. The fraction of sp³-hybridized carbons (Fsp3) is 0.643. The van der Waals surface area contributed by atoms with Crippen LogP contribution < -0.4 is 16.6 Å².